The molecule has 1 atom stereocenters. The molecule has 2 aromatic carbocycles. The molecule has 10 nitrogen and oxygen atoms in total. The first-order valence-corrected chi connectivity index (χ1v) is 16.7. The van der Waals surface area contributed by atoms with Crippen LogP contribution in [0.15, 0.2) is 60.7 Å². The van der Waals surface area contributed by atoms with E-state index in [1.807, 2.05) is 41.3 Å². The number of piperazine rings is 1. The number of benzene rings is 2. The molecule has 0 radical (unpaired) electrons. The van der Waals surface area contributed by atoms with Gasteiger partial charge in [-0.25, -0.2) is 4.79 Å². The highest BCUT2D eigenvalue weighted by Gasteiger charge is 2.53. The average Bonchev–Trinajstić information content (AvgIpc) is 3.08. The third-order valence-corrected chi connectivity index (χ3v) is 9.41. The molecule has 0 bridgehead atoms. The van der Waals surface area contributed by atoms with E-state index in [2.05, 4.69) is 44.7 Å². The number of piperidine rings is 1. The number of likely N-dealkylation sites (tertiary alicyclic amines) is 1. The maximum Gasteiger partial charge on any atom is 0.407 e. The van der Waals surface area contributed by atoms with E-state index in [1.54, 1.807) is 0 Å². The second kappa shape index (κ2) is 16.7. The van der Waals surface area contributed by atoms with Crippen LogP contribution in [0.1, 0.15) is 49.7 Å². The summed E-state index contributed by atoms with van der Waals surface area (Å²) in [6.07, 6.45) is 4.60. The van der Waals surface area contributed by atoms with Crippen LogP contribution in [-0.2, 0) is 32.1 Å². The van der Waals surface area contributed by atoms with Crippen LogP contribution < -0.4 is 10.6 Å². The number of carbonyl (C=O) groups is 3. The summed E-state index contributed by atoms with van der Waals surface area (Å²) in [5.74, 6) is 0.0216. The lowest BCUT2D eigenvalue weighted by Crippen LogP contribution is -2.73. The molecule has 3 saturated heterocycles. The third kappa shape index (κ3) is 9.28. The fourth-order valence-electron chi connectivity index (χ4n) is 6.69. The molecular weight excluding hydrogens is 570 g/mol. The average molecular weight is 620 g/mol. The van der Waals surface area contributed by atoms with Gasteiger partial charge >= 0.3 is 6.09 Å². The number of hydrogen-bond acceptors (Lipinski definition) is 7. The van der Waals surface area contributed by atoms with Crippen molar-refractivity contribution >= 4 is 17.9 Å². The zero-order chi connectivity index (χ0) is 31.3. The molecule has 2 aromatic rings. The quantitative estimate of drug-likeness (QED) is 0.313. The van der Waals surface area contributed by atoms with E-state index < -0.39 is 17.7 Å². The summed E-state index contributed by atoms with van der Waals surface area (Å²) in [5.41, 5.74) is 1.46. The van der Waals surface area contributed by atoms with Gasteiger partial charge in [0, 0.05) is 52.4 Å². The minimum Gasteiger partial charge on any atom is -0.445 e. The van der Waals surface area contributed by atoms with Crippen molar-refractivity contribution in [3.8, 4) is 0 Å². The van der Waals surface area contributed by atoms with Crippen LogP contribution in [0.4, 0.5) is 4.79 Å². The van der Waals surface area contributed by atoms with Crippen molar-refractivity contribution in [2.45, 2.75) is 63.1 Å². The van der Waals surface area contributed by atoms with Crippen LogP contribution in [0, 0.1) is 0 Å². The van der Waals surface area contributed by atoms with Gasteiger partial charge in [0.25, 0.3) is 0 Å². The number of nitrogens with one attached hydrogen (secondary N) is 2. The molecule has 5 rings (SSSR count). The van der Waals surface area contributed by atoms with Gasteiger partial charge in [-0.2, -0.15) is 0 Å². The van der Waals surface area contributed by atoms with Gasteiger partial charge in [-0.1, -0.05) is 60.7 Å². The van der Waals surface area contributed by atoms with Crippen molar-refractivity contribution in [2.75, 3.05) is 65.6 Å². The van der Waals surface area contributed by atoms with Crippen molar-refractivity contribution < 1.29 is 23.9 Å². The van der Waals surface area contributed by atoms with Crippen LogP contribution >= 0.6 is 0 Å². The van der Waals surface area contributed by atoms with Crippen molar-refractivity contribution in [2.24, 2.45) is 0 Å². The van der Waals surface area contributed by atoms with Crippen molar-refractivity contribution in [1.29, 1.82) is 0 Å². The summed E-state index contributed by atoms with van der Waals surface area (Å²) in [6.45, 7) is 8.00. The summed E-state index contributed by atoms with van der Waals surface area (Å²) < 4.78 is 10.8. The largest absolute Gasteiger partial charge is 0.445 e. The van der Waals surface area contributed by atoms with Gasteiger partial charge < -0.3 is 29.9 Å². The Morgan fingerprint density at radius 2 is 1.51 bits per heavy atom. The van der Waals surface area contributed by atoms with Crippen molar-refractivity contribution in [1.82, 2.24) is 25.3 Å². The smallest absolute Gasteiger partial charge is 0.407 e. The van der Waals surface area contributed by atoms with Gasteiger partial charge in [0.2, 0.25) is 11.8 Å². The summed E-state index contributed by atoms with van der Waals surface area (Å²) in [4.78, 5) is 46.6. The van der Waals surface area contributed by atoms with E-state index in [0.717, 1.165) is 70.9 Å². The zero-order valence-corrected chi connectivity index (χ0v) is 26.5. The van der Waals surface area contributed by atoms with E-state index in [0.29, 0.717) is 45.2 Å². The Balaban J connectivity index is 1.11. The lowest BCUT2D eigenvalue weighted by Gasteiger charge is -2.52. The summed E-state index contributed by atoms with van der Waals surface area (Å²) in [5, 5.41) is 5.91. The number of morpholine rings is 1. The monoisotopic (exact) mass is 619 g/mol. The predicted octanol–water partition coefficient (Wildman–Crippen LogP) is 3.21. The molecule has 0 aromatic heterocycles. The Bertz CT molecular complexity index is 1220. The number of amides is 3. The maximum absolute atomic E-state index is 14.0. The van der Waals surface area contributed by atoms with E-state index >= 15 is 0 Å². The zero-order valence-electron chi connectivity index (χ0n) is 26.5. The molecule has 3 aliphatic heterocycles. The van der Waals surface area contributed by atoms with Crippen LogP contribution in [0.2, 0.25) is 0 Å². The number of hydrogen-bond donors (Lipinski definition) is 2. The lowest BCUT2D eigenvalue weighted by molar-refractivity contribution is -0.161. The first kappa shape index (κ1) is 32.9. The molecule has 0 saturated carbocycles. The second-order valence-electron chi connectivity index (χ2n) is 12.4. The fraction of sp³-hybridized carbons (Fsp3) is 0.571. The predicted molar refractivity (Wildman–Crippen MR) is 173 cm³/mol. The molecule has 45 heavy (non-hydrogen) atoms. The van der Waals surface area contributed by atoms with Crippen LogP contribution in [0.3, 0.4) is 0 Å². The Kier molecular flexibility index (Phi) is 12.2. The van der Waals surface area contributed by atoms with E-state index in [-0.39, 0.29) is 18.4 Å². The minimum absolute atomic E-state index is 0.0104. The standard InChI is InChI=1S/C35H49N5O5/c41-32-31(14-7-8-18-36-34(43)45-28-30-12-5-2-6-13-30)37-33(42)35(40(32)20-9-19-38-24-26-44-27-25-38)16-22-39(23-17-35)21-15-29-10-3-1-4-11-29/h1-6,10-13,31H,7-9,14-28H2,(H,36,43)(H,37,42)/t31-/m0/s1. The Hall–Kier alpha value is -3.47. The Morgan fingerprint density at radius 3 is 2.22 bits per heavy atom. The van der Waals surface area contributed by atoms with Gasteiger partial charge in [0.15, 0.2) is 0 Å². The number of ether oxygens (including phenoxy) is 2. The fourth-order valence-corrected chi connectivity index (χ4v) is 6.69. The molecule has 10 heteroatoms. The normalized spacial score (nSPS) is 20.6. The van der Waals surface area contributed by atoms with Crippen molar-refractivity contribution in [3.05, 3.63) is 71.8 Å². The van der Waals surface area contributed by atoms with Gasteiger partial charge in [0.1, 0.15) is 18.2 Å². The molecule has 1 spiro atoms. The highest BCUT2D eigenvalue weighted by molar-refractivity contribution is 6.00. The lowest BCUT2D eigenvalue weighted by atomic mass is 9.81. The van der Waals surface area contributed by atoms with Gasteiger partial charge in [-0.05, 0) is 56.1 Å². The summed E-state index contributed by atoms with van der Waals surface area (Å²) in [7, 11) is 0. The topological polar surface area (TPSA) is 103 Å². The molecule has 3 aliphatic rings. The van der Waals surface area contributed by atoms with Gasteiger partial charge in [0.05, 0.1) is 13.2 Å². The molecule has 0 aliphatic carbocycles. The van der Waals surface area contributed by atoms with Crippen LogP contribution in [0.25, 0.3) is 0 Å². The first-order chi connectivity index (χ1) is 22.0. The number of nitrogens with zero attached hydrogens (tertiary/aromatic N) is 3. The minimum atomic E-state index is -0.786. The van der Waals surface area contributed by atoms with E-state index in [9.17, 15) is 14.4 Å². The summed E-state index contributed by atoms with van der Waals surface area (Å²) >= 11 is 0. The SMILES string of the molecule is O=C(NCCCC[C@@H]1NC(=O)C2(CCN(CCc3ccccc3)CC2)N(CCCN2CCOCC2)C1=O)OCc1ccccc1. The van der Waals surface area contributed by atoms with Gasteiger partial charge in [-0.3, -0.25) is 14.5 Å². The highest BCUT2D eigenvalue weighted by atomic mass is 16.5. The first-order valence-electron chi connectivity index (χ1n) is 16.7. The molecule has 3 amide bonds. The Morgan fingerprint density at radius 1 is 0.844 bits per heavy atom. The second-order valence-corrected chi connectivity index (χ2v) is 12.4. The van der Waals surface area contributed by atoms with Gasteiger partial charge in [-0.15, -0.1) is 0 Å². The van der Waals surface area contributed by atoms with E-state index in [1.165, 1.54) is 5.56 Å². The number of unbranched alkanes of at least 4 members (excludes halogenated alkanes) is 1. The number of alkyl carbamates (subject to hydrolysis) is 1. The molecule has 3 heterocycles. The summed E-state index contributed by atoms with van der Waals surface area (Å²) in [6, 6.07) is 19.5. The maximum atomic E-state index is 14.0. The molecule has 2 N–H and O–H groups in total. The molecule has 244 valence electrons. The number of carbonyl (C=O) groups excluding carboxylic acids is 3. The van der Waals surface area contributed by atoms with Crippen LogP contribution in [0.5, 0.6) is 0 Å². The Labute approximate surface area is 267 Å². The molecule has 0 unspecified atom stereocenters. The molecule has 3 fully saturated rings. The van der Waals surface area contributed by atoms with Crippen LogP contribution in [-0.4, -0.2) is 110 Å². The van der Waals surface area contributed by atoms with E-state index in [4.69, 9.17) is 9.47 Å². The number of rotatable bonds is 14. The molecular formula is C35H49N5O5. The third-order valence-electron chi connectivity index (χ3n) is 9.41. The highest BCUT2D eigenvalue weighted by Crippen LogP contribution is 2.34. The van der Waals surface area contributed by atoms with Crippen molar-refractivity contribution in [3.63, 3.8) is 0 Å².